The number of nitrogens with one attached hydrogen (secondary N) is 2. The SMILES string of the molecule is O=C(NCCN=C1NS(=O)(=O)c2ccccc21)c1ccc(Cl)c(Cl)c1. The van der Waals surface area contributed by atoms with E-state index in [1.807, 2.05) is 0 Å². The molecule has 0 bridgehead atoms. The van der Waals surface area contributed by atoms with Gasteiger partial charge in [-0.3, -0.25) is 14.5 Å². The van der Waals surface area contributed by atoms with Gasteiger partial charge < -0.3 is 5.32 Å². The number of amidine groups is 1. The lowest BCUT2D eigenvalue weighted by molar-refractivity contribution is 0.0955. The molecule has 3 rings (SSSR count). The number of benzene rings is 2. The molecular weight excluding hydrogens is 385 g/mol. The van der Waals surface area contributed by atoms with Crippen molar-refractivity contribution < 1.29 is 13.2 Å². The second-order valence-electron chi connectivity index (χ2n) is 5.22. The second kappa shape index (κ2) is 7.03. The van der Waals surface area contributed by atoms with Crippen molar-refractivity contribution >= 4 is 45.0 Å². The molecule has 0 saturated carbocycles. The summed E-state index contributed by atoms with van der Waals surface area (Å²) < 4.78 is 26.3. The number of aliphatic imine (C=N–C) groups is 1. The van der Waals surface area contributed by atoms with Crippen molar-refractivity contribution in [1.82, 2.24) is 10.0 Å². The van der Waals surface area contributed by atoms with E-state index in [1.165, 1.54) is 12.1 Å². The fraction of sp³-hybridized carbons (Fsp3) is 0.125. The van der Waals surface area contributed by atoms with Crippen molar-refractivity contribution in [3.63, 3.8) is 0 Å². The average Bonchev–Trinajstić information content (AvgIpc) is 2.85. The van der Waals surface area contributed by atoms with Gasteiger partial charge in [-0.15, -0.1) is 0 Å². The van der Waals surface area contributed by atoms with Gasteiger partial charge in [-0.05, 0) is 30.3 Å². The first kappa shape index (κ1) is 17.7. The molecule has 25 heavy (non-hydrogen) atoms. The van der Waals surface area contributed by atoms with E-state index in [1.54, 1.807) is 30.3 Å². The van der Waals surface area contributed by atoms with Crippen molar-refractivity contribution in [1.29, 1.82) is 0 Å². The molecule has 1 aliphatic heterocycles. The van der Waals surface area contributed by atoms with Crippen LogP contribution in [0.5, 0.6) is 0 Å². The van der Waals surface area contributed by atoms with Crippen LogP contribution < -0.4 is 10.0 Å². The molecule has 0 fully saturated rings. The third kappa shape index (κ3) is 3.78. The second-order valence-corrected chi connectivity index (χ2v) is 7.68. The molecule has 9 heteroatoms. The van der Waals surface area contributed by atoms with Gasteiger partial charge in [0.25, 0.3) is 15.9 Å². The van der Waals surface area contributed by atoms with Gasteiger partial charge in [-0.25, -0.2) is 8.42 Å². The number of carbonyl (C=O) groups is 1. The Balaban J connectivity index is 1.63. The predicted molar refractivity (Wildman–Crippen MR) is 97.0 cm³/mol. The maximum atomic E-state index is 12.0. The van der Waals surface area contributed by atoms with E-state index >= 15 is 0 Å². The van der Waals surface area contributed by atoms with Crippen molar-refractivity contribution in [3.8, 4) is 0 Å². The highest BCUT2D eigenvalue weighted by Crippen LogP contribution is 2.23. The van der Waals surface area contributed by atoms with Crippen LogP contribution >= 0.6 is 23.2 Å². The number of amides is 1. The minimum absolute atomic E-state index is 0.202. The van der Waals surface area contributed by atoms with E-state index in [0.717, 1.165) is 0 Å². The van der Waals surface area contributed by atoms with Gasteiger partial charge in [0.15, 0.2) is 0 Å². The van der Waals surface area contributed by atoms with E-state index in [9.17, 15) is 13.2 Å². The monoisotopic (exact) mass is 397 g/mol. The van der Waals surface area contributed by atoms with Crippen LogP contribution in [0.4, 0.5) is 0 Å². The molecule has 0 spiro atoms. The Bertz CT molecular complexity index is 974. The molecule has 0 saturated heterocycles. The quantitative estimate of drug-likeness (QED) is 0.776. The lowest BCUT2D eigenvalue weighted by atomic mass is 10.2. The highest BCUT2D eigenvalue weighted by atomic mass is 35.5. The van der Waals surface area contributed by atoms with Gasteiger partial charge in [-0.1, -0.05) is 35.3 Å². The Hall–Kier alpha value is -2.09. The smallest absolute Gasteiger partial charge is 0.263 e. The Morgan fingerprint density at radius 2 is 1.88 bits per heavy atom. The third-order valence-electron chi connectivity index (χ3n) is 3.51. The summed E-state index contributed by atoms with van der Waals surface area (Å²) in [6, 6.07) is 11.2. The standard InChI is InChI=1S/C16H13Cl2N3O3S/c17-12-6-5-10(9-13(12)18)16(22)20-8-7-19-15-11-3-1-2-4-14(11)25(23,24)21-15/h1-6,9H,7-8H2,(H,19,21)(H,20,22). The molecule has 1 aliphatic rings. The predicted octanol–water partition coefficient (Wildman–Crippen LogP) is 2.46. The van der Waals surface area contributed by atoms with Crippen LogP contribution in [0.15, 0.2) is 52.4 Å². The molecule has 0 radical (unpaired) electrons. The summed E-state index contributed by atoms with van der Waals surface area (Å²) >= 11 is 11.7. The number of fused-ring (bicyclic) bond motifs is 1. The van der Waals surface area contributed by atoms with Crippen LogP contribution in [-0.2, 0) is 10.0 Å². The first-order valence-corrected chi connectivity index (χ1v) is 9.52. The van der Waals surface area contributed by atoms with Gasteiger partial charge in [0.2, 0.25) is 0 Å². The molecule has 2 aromatic rings. The molecule has 2 aromatic carbocycles. The van der Waals surface area contributed by atoms with Gasteiger partial charge in [0.05, 0.1) is 21.5 Å². The van der Waals surface area contributed by atoms with E-state index in [-0.39, 0.29) is 29.7 Å². The van der Waals surface area contributed by atoms with Crippen LogP contribution in [0, 0.1) is 0 Å². The van der Waals surface area contributed by atoms with Gasteiger partial charge in [0, 0.05) is 17.7 Å². The average molecular weight is 398 g/mol. The lowest BCUT2D eigenvalue weighted by Gasteiger charge is -2.05. The van der Waals surface area contributed by atoms with Gasteiger partial charge in [0.1, 0.15) is 5.84 Å². The number of sulfonamides is 1. The summed E-state index contributed by atoms with van der Waals surface area (Å²) in [7, 11) is -3.56. The summed E-state index contributed by atoms with van der Waals surface area (Å²) in [6.07, 6.45) is 0. The molecule has 0 aromatic heterocycles. The number of halogens is 2. The van der Waals surface area contributed by atoms with Crippen LogP contribution in [0.1, 0.15) is 15.9 Å². The Labute approximate surface area is 154 Å². The van der Waals surface area contributed by atoms with Crippen molar-refractivity contribution in [2.45, 2.75) is 4.90 Å². The summed E-state index contributed by atoms with van der Waals surface area (Å²) in [6.45, 7) is 0.464. The Morgan fingerprint density at radius 1 is 1.12 bits per heavy atom. The number of rotatable bonds is 4. The highest BCUT2D eigenvalue weighted by Gasteiger charge is 2.29. The maximum absolute atomic E-state index is 12.0. The minimum atomic E-state index is -3.56. The number of carbonyl (C=O) groups excluding carboxylic acids is 1. The molecule has 0 unspecified atom stereocenters. The minimum Gasteiger partial charge on any atom is -0.350 e. The molecule has 1 amide bonds. The summed E-state index contributed by atoms with van der Waals surface area (Å²) in [5.41, 5.74) is 0.910. The molecular formula is C16H13Cl2N3O3S. The maximum Gasteiger partial charge on any atom is 0.263 e. The van der Waals surface area contributed by atoms with Crippen molar-refractivity contribution in [2.75, 3.05) is 13.1 Å². The van der Waals surface area contributed by atoms with Crippen LogP contribution in [0.3, 0.4) is 0 Å². The van der Waals surface area contributed by atoms with E-state index in [0.29, 0.717) is 21.2 Å². The largest absolute Gasteiger partial charge is 0.350 e. The van der Waals surface area contributed by atoms with Gasteiger partial charge >= 0.3 is 0 Å². The van der Waals surface area contributed by atoms with E-state index < -0.39 is 10.0 Å². The van der Waals surface area contributed by atoms with Crippen LogP contribution in [0.25, 0.3) is 0 Å². The summed E-state index contributed by atoms with van der Waals surface area (Å²) in [5.74, 6) is -0.0365. The fourth-order valence-corrected chi connectivity index (χ4v) is 3.88. The summed E-state index contributed by atoms with van der Waals surface area (Å²) in [5, 5.41) is 3.36. The number of hydrogen-bond donors (Lipinski definition) is 2. The van der Waals surface area contributed by atoms with Crippen molar-refractivity contribution in [3.05, 3.63) is 63.6 Å². The Kier molecular flexibility index (Phi) is 4.99. The fourth-order valence-electron chi connectivity index (χ4n) is 2.33. The summed E-state index contributed by atoms with van der Waals surface area (Å²) in [4.78, 5) is 16.5. The third-order valence-corrected chi connectivity index (χ3v) is 5.65. The number of hydrogen-bond acceptors (Lipinski definition) is 4. The molecule has 6 nitrogen and oxygen atoms in total. The Morgan fingerprint density at radius 3 is 2.64 bits per heavy atom. The van der Waals surface area contributed by atoms with Gasteiger partial charge in [-0.2, -0.15) is 0 Å². The molecule has 0 atom stereocenters. The zero-order valence-corrected chi connectivity index (χ0v) is 15.1. The first-order valence-electron chi connectivity index (χ1n) is 7.28. The van der Waals surface area contributed by atoms with E-state index in [4.69, 9.17) is 23.2 Å². The van der Waals surface area contributed by atoms with Crippen LogP contribution in [-0.4, -0.2) is 33.3 Å². The highest BCUT2D eigenvalue weighted by molar-refractivity contribution is 7.90. The zero-order valence-electron chi connectivity index (χ0n) is 12.8. The van der Waals surface area contributed by atoms with Crippen molar-refractivity contribution in [2.24, 2.45) is 4.99 Å². The normalized spacial score (nSPS) is 16.3. The molecule has 0 aliphatic carbocycles. The number of nitrogens with zero attached hydrogens (tertiary/aromatic N) is 1. The molecule has 2 N–H and O–H groups in total. The van der Waals surface area contributed by atoms with E-state index in [2.05, 4.69) is 15.0 Å². The lowest BCUT2D eigenvalue weighted by Crippen LogP contribution is -2.27. The topological polar surface area (TPSA) is 87.6 Å². The zero-order chi connectivity index (χ0) is 18.0. The first-order chi connectivity index (χ1) is 11.9. The molecule has 130 valence electrons. The van der Waals surface area contributed by atoms with Crippen LogP contribution in [0.2, 0.25) is 10.0 Å². The molecule has 1 heterocycles.